The van der Waals surface area contributed by atoms with E-state index in [0.29, 0.717) is 30.5 Å². The summed E-state index contributed by atoms with van der Waals surface area (Å²) in [6, 6.07) is 6.14. The van der Waals surface area contributed by atoms with Gasteiger partial charge in [0.2, 0.25) is 10.0 Å². The molecule has 0 saturated carbocycles. The summed E-state index contributed by atoms with van der Waals surface area (Å²) in [6.45, 7) is 6.74. The summed E-state index contributed by atoms with van der Waals surface area (Å²) in [5.41, 5.74) is 0.836. The van der Waals surface area contributed by atoms with Gasteiger partial charge in [0.25, 0.3) is 0 Å². The molecule has 152 valence electrons. The highest BCUT2D eigenvalue weighted by Gasteiger charge is 2.30. The molecule has 0 fully saturated rings. The molecule has 2 N–H and O–H groups in total. The van der Waals surface area contributed by atoms with Crippen LogP contribution in [-0.4, -0.2) is 42.9 Å². The second-order valence-corrected chi connectivity index (χ2v) is 9.66. The molecule has 0 spiro atoms. The third-order valence-electron chi connectivity index (χ3n) is 4.11. The van der Waals surface area contributed by atoms with E-state index in [1.807, 2.05) is 20.8 Å². The molecule has 0 atom stereocenters. The average molecular weight is 425 g/mol. The summed E-state index contributed by atoms with van der Waals surface area (Å²) < 4.78 is 32.7. The maximum absolute atomic E-state index is 13.0. The van der Waals surface area contributed by atoms with Gasteiger partial charge in [-0.1, -0.05) is 11.3 Å². The first-order chi connectivity index (χ1) is 13.3. The van der Waals surface area contributed by atoms with Gasteiger partial charge in [0.05, 0.1) is 23.7 Å². The minimum absolute atomic E-state index is 0.0179. The van der Waals surface area contributed by atoms with Gasteiger partial charge in [-0.25, -0.2) is 18.2 Å². The highest BCUT2D eigenvalue weighted by atomic mass is 32.2. The minimum Gasteiger partial charge on any atom is -0.494 e. The van der Waals surface area contributed by atoms with Crippen molar-refractivity contribution < 1.29 is 17.9 Å². The molecule has 1 aromatic carbocycles. The molecule has 2 amide bonds. The second-order valence-electron chi connectivity index (χ2n) is 6.64. The van der Waals surface area contributed by atoms with Gasteiger partial charge in [0, 0.05) is 23.9 Å². The van der Waals surface area contributed by atoms with Crippen molar-refractivity contribution >= 4 is 32.5 Å². The van der Waals surface area contributed by atoms with E-state index in [4.69, 9.17) is 4.74 Å². The Kier molecular flexibility index (Phi) is 6.21. The van der Waals surface area contributed by atoms with Crippen molar-refractivity contribution in [1.82, 2.24) is 14.6 Å². The Morgan fingerprint density at radius 2 is 2.04 bits per heavy atom. The molecule has 2 aromatic rings. The number of carbonyl (C=O) groups is 1. The number of hydrogen-bond donors (Lipinski definition) is 2. The fourth-order valence-corrected chi connectivity index (χ4v) is 5.36. The molecule has 1 aromatic heterocycles. The van der Waals surface area contributed by atoms with Crippen LogP contribution in [0.4, 0.5) is 9.93 Å². The third-order valence-corrected chi connectivity index (χ3v) is 6.97. The summed E-state index contributed by atoms with van der Waals surface area (Å²) in [5.74, 6) is 0.639. The maximum Gasteiger partial charge on any atom is 0.321 e. The van der Waals surface area contributed by atoms with E-state index in [0.717, 1.165) is 10.6 Å². The van der Waals surface area contributed by atoms with Gasteiger partial charge in [-0.3, -0.25) is 5.32 Å². The first-order valence-corrected chi connectivity index (χ1v) is 11.3. The molecule has 0 radical (unpaired) electrons. The Labute approximate surface area is 169 Å². The molecule has 0 unspecified atom stereocenters. The van der Waals surface area contributed by atoms with E-state index in [9.17, 15) is 13.2 Å². The molecule has 0 aliphatic carbocycles. The lowest BCUT2D eigenvalue weighted by Crippen LogP contribution is -2.35. The van der Waals surface area contributed by atoms with E-state index >= 15 is 0 Å². The third kappa shape index (κ3) is 4.62. The van der Waals surface area contributed by atoms with Crippen molar-refractivity contribution in [2.24, 2.45) is 0 Å². The number of rotatable bonds is 6. The van der Waals surface area contributed by atoms with Crippen molar-refractivity contribution in [2.45, 2.75) is 44.7 Å². The Bertz CT molecular complexity index is 939. The number of anilines is 1. The van der Waals surface area contributed by atoms with Gasteiger partial charge >= 0.3 is 6.03 Å². The zero-order valence-corrected chi connectivity index (χ0v) is 17.7. The predicted octanol–water partition coefficient (Wildman–Crippen LogP) is 2.82. The highest BCUT2D eigenvalue weighted by Crippen LogP contribution is 2.31. The first kappa shape index (κ1) is 20.6. The van der Waals surface area contributed by atoms with Gasteiger partial charge in [-0.05, 0) is 45.0 Å². The summed E-state index contributed by atoms with van der Waals surface area (Å²) >= 11 is 1.31. The lowest BCUT2D eigenvalue weighted by Gasteiger charge is -2.25. The Morgan fingerprint density at radius 3 is 2.68 bits per heavy atom. The van der Waals surface area contributed by atoms with E-state index < -0.39 is 10.0 Å². The Hall–Kier alpha value is -2.17. The molecule has 2 heterocycles. The van der Waals surface area contributed by atoms with Gasteiger partial charge in [-0.15, -0.1) is 0 Å². The van der Waals surface area contributed by atoms with Crippen LogP contribution in [0.25, 0.3) is 0 Å². The van der Waals surface area contributed by atoms with Gasteiger partial charge in [-0.2, -0.15) is 4.31 Å². The second kappa shape index (κ2) is 8.46. The van der Waals surface area contributed by atoms with Crippen LogP contribution in [0.1, 0.15) is 31.3 Å². The minimum atomic E-state index is -3.61. The summed E-state index contributed by atoms with van der Waals surface area (Å²) in [6.07, 6.45) is 0.509. The maximum atomic E-state index is 13.0. The number of sulfonamides is 1. The average Bonchev–Trinajstić information content (AvgIpc) is 3.02. The molecule has 10 heteroatoms. The van der Waals surface area contributed by atoms with Gasteiger partial charge in [0.1, 0.15) is 5.75 Å². The quantitative estimate of drug-likeness (QED) is 0.743. The fraction of sp³-hybridized carbons (Fsp3) is 0.444. The van der Waals surface area contributed by atoms with Crippen LogP contribution in [0.5, 0.6) is 5.75 Å². The number of benzene rings is 1. The number of nitrogens with zero attached hydrogens (tertiary/aromatic N) is 2. The van der Waals surface area contributed by atoms with Crippen LogP contribution in [0, 0.1) is 0 Å². The number of nitrogens with one attached hydrogen (secondary N) is 2. The van der Waals surface area contributed by atoms with Crippen LogP contribution in [0.15, 0.2) is 29.2 Å². The molecular weight excluding hydrogens is 400 g/mol. The summed E-state index contributed by atoms with van der Waals surface area (Å²) in [7, 11) is -3.61. The number of thiazole rings is 1. The molecule has 0 bridgehead atoms. The van der Waals surface area contributed by atoms with E-state index in [-0.39, 0.29) is 23.5 Å². The molecule has 0 saturated heterocycles. The molecule has 3 rings (SSSR count). The normalized spacial score (nSPS) is 14.6. The lowest BCUT2D eigenvalue weighted by molar-refractivity contribution is 0.250. The van der Waals surface area contributed by atoms with E-state index in [2.05, 4.69) is 15.6 Å². The van der Waals surface area contributed by atoms with Crippen molar-refractivity contribution in [3.63, 3.8) is 0 Å². The highest BCUT2D eigenvalue weighted by molar-refractivity contribution is 7.89. The fourth-order valence-electron chi connectivity index (χ4n) is 2.85. The molecule has 8 nitrogen and oxygen atoms in total. The monoisotopic (exact) mass is 424 g/mol. The Morgan fingerprint density at radius 1 is 1.32 bits per heavy atom. The van der Waals surface area contributed by atoms with Crippen LogP contribution in [-0.2, 0) is 23.0 Å². The number of urea groups is 1. The molecule has 28 heavy (non-hydrogen) atoms. The summed E-state index contributed by atoms with van der Waals surface area (Å²) in [5, 5.41) is 5.92. The van der Waals surface area contributed by atoms with Crippen LogP contribution < -0.4 is 15.4 Å². The summed E-state index contributed by atoms with van der Waals surface area (Å²) in [4.78, 5) is 17.4. The number of aromatic nitrogens is 1. The largest absolute Gasteiger partial charge is 0.494 e. The smallest absolute Gasteiger partial charge is 0.321 e. The van der Waals surface area contributed by atoms with Gasteiger partial charge < -0.3 is 10.1 Å². The number of hydrogen-bond acceptors (Lipinski definition) is 6. The van der Waals surface area contributed by atoms with Gasteiger partial charge in [0.15, 0.2) is 5.13 Å². The zero-order chi connectivity index (χ0) is 20.3. The lowest BCUT2D eigenvalue weighted by atomic mass is 10.2. The van der Waals surface area contributed by atoms with E-state index in [1.54, 1.807) is 24.3 Å². The topological polar surface area (TPSA) is 101 Å². The van der Waals surface area contributed by atoms with Crippen molar-refractivity contribution in [3.05, 3.63) is 34.8 Å². The van der Waals surface area contributed by atoms with Crippen LogP contribution in [0.2, 0.25) is 0 Å². The number of carbonyl (C=O) groups excluding carboxylic acids is 1. The standard InChI is InChI=1S/C18H24N4O4S2/c1-4-26-13-5-7-14(8-6-13)28(24,25)22-10-9-15-16(11-22)27-18(20-15)21-17(23)19-12(2)3/h5-8,12H,4,9-11H2,1-3H3,(H2,19,20,21,23). The zero-order valence-electron chi connectivity index (χ0n) is 16.1. The van der Waals surface area contributed by atoms with Crippen molar-refractivity contribution in [3.8, 4) is 5.75 Å². The van der Waals surface area contributed by atoms with Crippen molar-refractivity contribution in [1.29, 1.82) is 0 Å². The molecule has 1 aliphatic rings. The van der Waals surface area contributed by atoms with Crippen LogP contribution >= 0.6 is 11.3 Å². The van der Waals surface area contributed by atoms with Crippen molar-refractivity contribution in [2.75, 3.05) is 18.5 Å². The predicted molar refractivity (Wildman–Crippen MR) is 108 cm³/mol. The SMILES string of the molecule is CCOc1ccc(S(=O)(=O)N2CCc3nc(NC(=O)NC(C)C)sc3C2)cc1. The first-order valence-electron chi connectivity index (χ1n) is 9.08. The van der Waals surface area contributed by atoms with E-state index in [1.165, 1.54) is 15.6 Å². The number of fused-ring (bicyclic) bond motifs is 1. The Balaban J connectivity index is 1.72. The number of ether oxygens (including phenoxy) is 1. The van der Waals surface area contributed by atoms with Crippen LogP contribution in [0.3, 0.4) is 0 Å². The number of amides is 2. The molecule has 1 aliphatic heterocycles. The molecular formula is C18H24N4O4S2.